The largest absolute Gasteiger partial charge is 0.388 e. The van der Waals surface area contributed by atoms with E-state index in [0.717, 1.165) is 16.7 Å². The van der Waals surface area contributed by atoms with Gasteiger partial charge in [0, 0.05) is 0 Å². The lowest BCUT2D eigenvalue weighted by molar-refractivity contribution is -0.167. The molecular formula is C27H30O6. The smallest absolute Gasteiger partial charge is 0.151 e. The number of ether oxygens (including phenoxy) is 3. The van der Waals surface area contributed by atoms with Gasteiger partial charge in [-0.25, -0.2) is 0 Å². The van der Waals surface area contributed by atoms with Gasteiger partial charge in [0.1, 0.15) is 24.4 Å². The summed E-state index contributed by atoms with van der Waals surface area (Å²) in [6, 6.07) is 28.3. The standard InChI is InChI=1S/C27H30O6/c28-16-25(32-18-22-12-6-2-7-13-22)26(30)27(33-19-23-14-8-3-9-15-23)24(29)20-31-17-21-10-4-1-5-11-21/h1-16,24-27,29-30H,17-20H2/t24-,25+,26-,27-/m1/s1. The summed E-state index contributed by atoms with van der Waals surface area (Å²) >= 11 is 0. The van der Waals surface area contributed by atoms with E-state index in [2.05, 4.69) is 0 Å². The molecule has 0 saturated heterocycles. The number of aliphatic hydroxyl groups is 2. The minimum Gasteiger partial charge on any atom is -0.388 e. The molecule has 2 N–H and O–H groups in total. The third kappa shape index (κ3) is 8.20. The van der Waals surface area contributed by atoms with Crippen molar-refractivity contribution in [2.45, 2.75) is 44.2 Å². The van der Waals surface area contributed by atoms with Crippen LogP contribution >= 0.6 is 0 Å². The molecule has 6 heteroatoms. The summed E-state index contributed by atoms with van der Waals surface area (Å²) in [7, 11) is 0. The predicted molar refractivity (Wildman–Crippen MR) is 124 cm³/mol. The van der Waals surface area contributed by atoms with Gasteiger partial charge < -0.3 is 29.2 Å². The molecule has 3 aromatic rings. The van der Waals surface area contributed by atoms with Crippen LogP contribution in [-0.2, 0) is 38.8 Å². The number of hydrogen-bond donors (Lipinski definition) is 2. The highest BCUT2D eigenvalue weighted by Gasteiger charge is 2.34. The van der Waals surface area contributed by atoms with Gasteiger partial charge in [-0.15, -0.1) is 0 Å². The topological polar surface area (TPSA) is 85.2 Å². The first-order chi connectivity index (χ1) is 16.2. The molecule has 4 atom stereocenters. The number of hydrogen-bond acceptors (Lipinski definition) is 6. The van der Waals surface area contributed by atoms with Gasteiger partial charge in [0.05, 0.1) is 26.4 Å². The summed E-state index contributed by atoms with van der Waals surface area (Å²) < 4.78 is 17.2. The number of aliphatic hydroxyl groups excluding tert-OH is 2. The Balaban J connectivity index is 1.63. The predicted octanol–water partition coefficient (Wildman–Crippen LogP) is 3.29. The van der Waals surface area contributed by atoms with Crippen LogP contribution in [0.2, 0.25) is 0 Å². The average molecular weight is 451 g/mol. The van der Waals surface area contributed by atoms with Crippen LogP contribution in [0.5, 0.6) is 0 Å². The third-order valence-electron chi connectivity index (χ3n) is 5.16. The molecule has 0 aromatic heterocycles. The van der Waals surface area contributed by atoms with Crippen molar-refractivity contribution in [2.24, 2.45) is 0 Å². The Hall–Kier alpha value is -2.87. The molecule has 6 nitrogen and oxygen atoms in total. The van der Waals surface area contributed by atoms with Crippen LogP contribution in [0.4, 0.5) is 0 Å². The van der Waals surface area contributed by atoms with Crippen molar-refractivity contribution in [1.82, 2.24) is 0 Å². The third-order valence-corrected chi connectivity index (χ3v) is 5.16. The summed E-state index contributed by atoms with van der Waals surface area (Å²) in [5.74, 6) is 0. The molecule has 3 rings (SSSR count). The van der Waals surface area contributed by atoms with E-state index in [1.54, 1.807) is 0 Å². The van der Waals surface area contributed by atoms with Crippen molar-refractivity contribution in [2.75, 3.05) is 6.61 Å². The highest BCUT2D eigenvalue weighted by molar-refractivity contribution is 5.57. The highest BCUT2D eigenvalue weighted by atomic mass is 16.5. The van der Waals surface area contributed by atoms with Crippen LogP contribution in [0.3, 0.4) is 0 Å². The van der Waals surface area contributed by atoms with E-state index in [1.165, 1.54) is 0 Å². The Bertz CT molecular complexity index is 919. The van der Waals surface area contributed by atoms with Gasteiger partial charge in [0.15, 0.2) is 6.29 Å². The van der Waals surface area contributed by atoms with Gasteiger partial charge in [-0.05, 0) is 16.7 Å². The molecule has 0 heterocycles. The van der Waals surface area contributed by atoms with Crippen molar-refractivity contribution >= 4 is 6.29 Å². The van der Waals surface area contributed by atoms with Crippen LogP contribution < -0.4 is 0 Å². The van der Waals surface area contributed by atoms with Crippen LogP contribution in [0.1, 0.15) is 16.7 Å². The second-order valence-corrected chi connectivity index (χ2v) is 7.72. The van der Waals surface area contributed by atoms with E-state index in [1.807, 2.05) is 91.0 Å². The van der Waals surface area contributed by atoms with Crippen LogP contribution in [0, 0.1) is 0 Å². The number of carbonyl (C=O) groups is 1. The van der Waals surface area contributed by atoms with Crippen molar-refractivity contribution in [3.63, 3.8) is 0 Å². The minimum absolute atomic E-state index is 0.0737. The maximum absolute atomic E-state index is 11.7. The average Bonchev–Trinajstić information content (AvgIpc) is 2.86. The quantitative estimate of drug-likeness (QED) is 0.367. The maximum atomic E-state index is 11.7. The van der Waals surface area contributed by atoms with Gasteiger partial charge in [0.25, 0.3) is 0 Å². The van der Waals surface area contributed by atoms with E-state index in [4.69, 9.17) is 14.2 Å². The highest BCUT2D eigenvalue weighted by Crippen LogP contribution is 2.16. The molecule has 0 radical (unpaired) electrons. The van der Waals surface area contributed by atoms with E-state index in [9.17, 15) is 15.0 Å². The Morgan fingerprint density at radius 2 is 1.12 bits per heavy atom. The SMILES string of the molecule is O=C[C@H](OCc1ccccc1)[C@@H](O)[C@H](OCc1ccccc1)[C@H](O)COCc1ccccc1. The number of carbonyl (C=O) groups excluding carboxylic acids is 1. The van der Waals surface area contributed by atoms with E-state index >= 15 is 0 Å². The summed E-state index contributed by atoms with van der Waals surface area (Å²) in [5, 5.41) is 21.7. The molecule has 174 valence electrons. The molecule has 0 saturated carbocycles. The molecule has 0 aliphatic heterocycles. The van der Waals surface area contributed by atoms with E-state index in [-0.39, 0.29) is 19.8 Å². The van der Waals surface area contributed by atoms with Crippen LogP contribution in [0.25, 0.3) is 0 Å². The number of aldehydes is 1. The fraction of sp³-hybridized carbons (Fsp3) is 0.296. The molecule has 0 bridgehead atoms. The first-order valence-electron chi connectivity index (χ1n) is 10.9. The van der Waals surface area contributed by atoms with E-state index < -0.39 is 24.4 Å². The van der Waals surface area contributed by atoms with Crippen LogP contribution in [-0.4, -0.2) is 47.5 Å². The molecule has 3 aromatic carbocycles. The minimum atomic E-state index is -1.38. The fourth-order valence-corrected chi connectivity index (χ4v) is 3.34. The van der Waals surface area contributed by atoms with E-state index in [0.29, 0.717) is 12.9 Å². The monoisotopic (exact) mass is 450 g/mol. The van der Waals surface area contributed by atoms with Gasteiger partial charge in [0.2, 0.25) is 0 Å². The van der Waals surface area contributed by atoms with Crippen molar-refractivity contribution in [3.05, 3.63) is 108 Å². The fourth-order valence-electron chi connectivity index (χ4n) is 3.34. The Morgan fingerprint density at radius 1 is 0.667 bits per heavy atom. The van der Waals surface area contributed by atoms with Gasteiger partial charge in [-0.2, -0.15) is 0 Å². The first-order valence-corrected chi connectivity index (χ1v) is 10.9. The molecule has 0 spiro atoms. The van der Waals surface area contributed by atoms with Crippen molar-refractivity contribution in [1.29, 1.82) is 0 Å². The summed E-state index contributed by atoms with van der Waals surface area (Å²) in [4.78, 5) is 11.7. The zero-order chi connectivity index (χ0) is 23.3. The summed E-state index contributed by atoms with van der Waals surface area (Å²) in [6.45, 7) is 0.534. The second-order valence-electron chi connectivity index (χ2n) is 7.72. The van der Waals surface area contributed by atoms with Gasteiger partial charge >= 0.3 is 0 Å². The van der Waals surface area contributed by atoms with Gasteiger partial charge in [-0.1, -0.05) is 91.0 Å². The lowest BCUT2D eigenvalue weighted by atomic mass is 10.0. The zero-order valence-corrected chi connectivity index (χ0v) is 18.4. The van der Waals surface area contributed by atoms with Crippen molar-refractivity contribution < 1.29 is 29.2 Å². The van der Waals surface area contributed by atoms with Crippen molar-refractivity contribution in [3.8, 4) is 0 Å². The summed E-state index contributed by atoms with van der Waals surface area (Å²) in [6.07, 6.45) is -4.29. The number of benzene rings is 3. The molecule has 0 fully saturated rings. The molecule has 0 aliphatic carbocycles. The van der Waals surface area contributed by atoms with Gasteiger partial charge in [-0.3, -0.25) is 0 Å². The molecule has 33 heavy (non-hydrogen) atoms. The first kappa shape index (κ1) is 24.8. The summed E-state index contributed by atoms with van der Waals surface area (Å²) in [5.41, 5.74) is 2.70. The lowest BCUT2D eigenvalue weighted by Crippen LogP contribution is -2.49. The Morgan fingerprint density at radius 3 is 1.61 bits per heavy atom. The molecule has 0 amide bonds. The maximum Gasteiger partial charge on any atom is 0.151 e. The molecule has 0 aliphatic rings. The lowest BCUT2D eigenvalue weighted by Gasteiger charge is -2.30. The molecule has 0 unspecified atom stereocenters. The second kappa shape index (κ2) is 13.6. The van der Waals surface area contributed by atoms with Crippen LogP contribution in [0.15, 0.2) is 91.0 Å². The Labute approximate surface area is 194 Å². The molecular weight excluding hydrogens is 420 g/mol. The normalized spacial score (nSPS) is 14.8. The number of rotatable bonds is 14. The Kier molecular flexibility index (Phi) is 10.2. The zero-order valence-electron chi connectivity index (χ0n) is 18.4.